The van der Waals surface area contributed by atoms with E-state index >= 15 is 9.59 Å². The number of hydrogen-bond donors (Lipinski definition) is 6. The summed E-state index contributed by atoms with van der Waals surface area (Å²) in [5, 5.41) is 24.6. The molecule has 17 nitrogen and oxygen atoms in total. The minimum Gasteiger partial charge on any atom is -0.465 e. The van der Waals surface area contributed by atoms with Gasteiger partial charge in [-0.05, 0) is 85.3 Å². The van der Waals surface area contributed by atoms with Crippen LogP contribution < -0.4 is 27.0 Å². The summed E-state index contributed by atoms with van der Waals surface area (Å²) in [6.07, 6.45) is -2.85. The molecule has 4 aliphatic carbocycles. The Hall–Kier alpha value is -5.95. The second kappa shape index (κ2) is 16.7. The van der Waals surface area contributed by atoms with Gasteiger partial charge in [0.05, 0.1) is 23.9 Å². The lowest BCUT2D eigenvalue weighted by Crippen LogP contribution is -2.70. The zero-order valence-corrected chi connectivity index (χ0v) is 37.8. The van der Waals surface area contributed by atoms with Gasteiger partial charge in [-0.2, -0.15) is 0 Å². The Morgan fingerprint density at radius 2 is 0.985 bits per heavy atom. The van der Waals surface area contributed by atoms with Crippen LogP contribution in [0.4, 0.5) is 19.7 Å². The lowest BCUT2D eigenvalue weighted by molar-refractivity contribution is -0.152. The van der Waals surface area contributed by atoms with Gasteiger partial charge in [0.2, 0.25) is 11.8 Å². The highest BCUT2D eigenvalue weighted by atomic mass is 19.1. The Morgan fingerprint density at radius 1 is 0.621 bits per heavy atom. The zero-order chi connectivity index (χ0) is 47.8. The van der Waals surface area contributed by atoms with Gasteiger partial charge < -0.3 is 36.1 Å². The number of nitrogens with zero attached hydrogens (tertiary/aromatic N) is 3. The molecule has 3 heterocycles. The summed E-state index contributed by atoms with van der Waals surface area (Å²) >= 11 is 0. The third-order valence-electron chi connectivity index (χ3n) is 15.9. The number of nitrogens with two attached hydrogens (primary N) is 2. The predicted molar refractivity (Wildman–Crippen MR) is 238 cm³/mol. The lowest BCUT2D eigenvalue weighted by atomic mass is 9.60. The van der Waals surface area contributed by atoms with Crippen LogP contribution in [0.25, 0.3) is 0 Å². The van der Waals surface area contributed by atoms with Gasteiger partial charge in [-0.25, -0.2) is 14.0 Å². The fraction of sp³-hybridized carbons (Fsp3) is 0.500. The maximum Gasteiger partial charge on any atom is 0.411 e. The van der Waals surface area contributed by atoms with Crippen LogP contribution in [0.15, 0.2) is 72.8 Å². The predicted octanol–water partition coefficient (Wildman–Crippen LogP) is 3.94. The second-order valence-corrected chi connectivity index (χ2v) is 19.4. The number of benzene rings is 3. The molecule has 66 heavy (non-hydrogen) atoms. The van der Waals surface area contributed by atoms with Gasteiger partial charge in [0.15, 0.2) is 0 Å². The first-order chi connectivity index (χ1) is 31.2. The first-order valence-electron chi connectivity index (χ1n) is 22.2. The van der Waals surface area contributed by atoms with Gasteiger partial charge in [-0.15, -0.1) is 0 Å². The van der Waals surface area contributed by atoms with Crippen LogP contribution in [0.1, 0.15) is 87.5 Å². The van der Waals surface area contributed by atoms with E-state index in [2.05, 4.69) is 15.5 Å². The number of carbonyl (C=O) groups is 6. The molecule has 3 aromatic carbocycles. The van der Waals surface area contributed by atoms with Crippen LogP contribution in [0, 0.1) is 16.6 Å². The Kier molecular flexibility index (Phi) is 11.8. The van der Waals surface area contributed by atoms with Gasteiger partial charge in [-0.1, -0.05) is 76.2 Å². The highest BCUT2D eigenvalue weighted by Gasteiger charge is 2.69. The van der Waals surface area contributed by atoms with Gasteiger partial charge in [-0.3, -0.25) is 39.6 Å². The fourth-order valence-corrected chi connectivity index (χ4v) is 13.8. The monoisotopic (exact) mass is 911 g/mol. The molecule has 0 aromatic heterocycles. The van der Waals surface area contributed by atoms with Crippen molar-refractivity contribution in [1.29, 1.82) is 0 Å². The molecular formula is C48H58FN7O10. The third-order valence-corrected chi connectivity index (χ3v) is 15.9. The molecule has 0 spiro atoms. The third kappa shape index (κ3) is 6.53. The van der Waals surface area contributed by atoms with E-state index in [9.17, 15) is 33.8 Å². The molecule has 7 aliphatic rings. The molecule has 18 heteroatoms. The number of rotatable bonds is 11. The number of halogens is 1. The Morgan fingerprint density at radius 3 is 1.30 bits per heavy atom. The zero-order valence-electron chi connectivity index (χ0n) is 37.8. The molecule has 4 bridgehead atoms. The first kappa shape index (κ1) is 46.6. The number of carboxylic acid groups (broad SMARTS) is 2. The summed E-state index contributed by atoms with van der Waals surface area (Å²) in [6.45, 7) is 7.53. The molecule has 8 N–H and O–H groups in total. The number of hydrogen-bond acceptors (Lipinski definition) is 11. The Bertz CT molecular complexity index is 2290. The van der Waals surface area contributed by atoms with Crippen LogP contribution in [-0.2, 0) is 39.7 Å². The number of nitrogens with one attached hydrogen (secondary N) is 2. The molecular weight excluding hydrogens is 854 g/mol. The summed E-state index contributed by atoms with van der Waals surface area (Å²) in [4.78, 5) is 88.4. The van der Waals surface area contributed by atoms with E-state index in [4.69, 9.17) is 20.9 Å². The van der Waals surface area contributed by atoms with Crippen LogP contribution in [0.2, 0.25) is 0 Å². The minimum atomic E-state index is -1.83. The molecule has 3 aromatic rings. The van der Waals surface area contributed by atoms with Crippen molar-refractivity contribution in [2.24, 2.45) is 22.3 Å². The van der Waals surface area contributed by atoms with Crippen LogP contribution in [0.3, 0.4) is 0 Å². The highest BCUT2D eigenvalue weighted by Crippen LogP contribution is 2.60. The molecule has 10 rings (SSSR count). The molecule has 3 aliphatic heterocycles. The number of amides is 6. The molecule has 0 saturated carbocycles. The van der Waals surface area contributed by atoms with E-state index in [1.165, 1.54) is 12.1 Å². The van der Waals surface area contributed by atoms with Crippen LogP contribution >= 0.6 is 0 Å². The van der Waals surface area contributed by atoms with Crippen molar-refractivity contribution in [2.75, 3.05) is 32.2 Å². The Balaban J connectivity index is 1.36. The second-order valence-electron chi connectivity index (χ2n) is 19.4. The van der Waals surface area contributed by atoms with E-state index in [1.807, 2.05) is 9.80 Å². The van der Waals surface area contributed by atoms with Crippen LogP contribution in [0.5, 0.6) is 0 Å². The lowest BCUT2D eigenvalue weighted by Gasteiger charge is -2.56. The normalized spacial score (nSPS) is 32.1. The summed E-state index contributed by atoms with van der Waals surface area (Å²) < 4.78 is 28.0. The number of methoxy groups -OCH3 is 2. The average molecular weight is 912 g/mol. The molecule has 3 fully saturated rings. The van der Waals surface area contributed by atoms with Gasteiger partial charge >= 0.3 is 12.2 Å². The topological polar surface area (TPSA) is 247 Å². The largest absolute Gasteiger partial charge is 0.465 e. The van der Waals surface area contributed by atoms with Crippen molar-refractivity contribution in [3.8, 4) is 0 Å². The molecule has 3 saturated heterocycles. The molecule has 4 unspecified atom stereocenters. The highest BCUT2D eigenvalue weighted by molar-refractivity contribution is 6.01. The number of carbonyl (C=O) groups excluding carboxylic acids is 4. The standard InChI is InChI=1S/C48H58FN7O10/c1-45(2)33(39(50)57)25-11-15-27(16-12-25)47(45,41(59)52-43(61)62)54-23-7-9-31(54)35-37(65-5)38(66-6)36(56(35)30-21-19-29(49)20-22-30)32-10-8-24-55(32)48(42(60)53-44(63)64)28-17-13-26(14-18-28)34(40(51)58)46(48,3)4/h11-22,31-38H,7-10,23-24H2,1-6H3,(H2,50,57)(H2,51,58)(H,52,59)(H,53,60)(H,61,62)(H,63,64)/t31?,32?,33?,34?,35-,36-,37+,38+,47-,48-/m0/s1. The smallest absolute Gasteiger partial charge is 0.411 e. The van der Waals surface area contributed by atoms with Crippen molar-refractivity contribution in [3.05, 3.63) is 101 Å². The number of ether oxygens (including phenoxy) is 2. The fourth-order valence-electron chi connectivity index (χ4n) is 13.8. The van der Waals surface area contributed by atoms with Crippen LogP contribution in [-0.4, -0.2) is 120 Å². The van der Waals surface area contributed by atoms with E-state index in [-0.39, 0.29) is 13.1 Å². The summed E-state index contributed by atoms with van der Waals surface area (Å²) in [5.41, 5.74) is 8.53. The maximum absolute atomic E-state index is 15.1. The molecule has 6 amide bonds. The van der Waals surface area contributed by atoms with E-state index < -0.39 is 112 Å². The SMILES string of the molecule is CO[C@H]1[C@H](OC)[C@H](C2CCCN2[C@]2(C(=O)NC(=O)O)c3ccc(cc3)C(C(N)=O)C2(C)C)N(c2ccc(F)cc2)[C@H]1C1CCCN1[C@]1(C(=O)NC(=O)O)c2ccc(cc2)C(C(N)=O)C1(C)C. The van der Waals surface area contributed by atoms with Crippen molar-refractivity contribution in [1.82, 2.24) is 20.4 Å². The van der Waals surface area contributed by atoms with Gasteiger partial charge in [0, 0.05) is 42.8 Å². The molecule has 10 atom stereocenters. The van der Waals surface area contributed by atoms with E-state index in [0.29, 0.717) is 53.6 Å². The number of likely N-dealkylation sites (tertiary alicyclic amines) is 2. The summed E-state index contributed by atoms with van der Waals surface area (Å²) in [5.74, 6) is -5.72. The first-order valence-corrected chi connectivity index (χ1v) is 22.2. The molecule has 0 radical (unpaired) electrons. The van der Waals surface area contributed by atoms with E-state index in [0.717, 1.165) is 0 Å². The Labute approximate surface area is 381 Å². The number of primary amides is 2. The molecule has 352 valence electrons. The number of fused-ring (bicyclic) bond motifs is 8. The number of anilines is 1. The van der Waals surface area contributed by atoms with Crippen molar-refractivity contribution in [3.63, 3.8) is 0 Å². The van der Waals surface area contributed by atoms with Gasteiger partial charge in [0.25, 0.3) is 11.8 Å². The van der Waals surface area contributed by atoms with E-state index in [1.54, 1.807) is 103 Å². The minimum absolute atomic E-state index is 0.270. The average Bonchev–Trinajstić information content (AvgIpc) is 3.94. The summed E-state index contributed by atoms with van der Waals surface area (Å²) in [7, 11) is 3.08. The number of imide groups is 2. The van der Waals surface area contributed by atoms with Crippen molar-refractivity contribution < 1.29 is 52.8 Å². The summed E-state index contributed by atoms with van der Waals surface area (Å²) in [6, 6.07) is 17.0. The van der Waals surface area contributed by atoms with Crippen molar-refractivity contribution in [2.45, 2.75) is 113 Å². The quantitative estimate of drug-likeness (QED) is 0.160. The van der Waals surface area contributed by atoms with Gasteiger partial charge in [0.1, 0.15) is 29.1 Å². The van der Waals surface area contributed by atoms with Crippen molar-refractivity contribution >= 4 is 41.5 Å². The maximum atomic E-state index is 15.1.